The molecule has 1 heterocycles. The van der Waals surface area contributed by atoms with Gasteiger partial charge in [-0.3, -0.25) is 4.79 Å². The highest BCUT2D eigenvalue weighted by atomic mass is 19.1. The first-order valence-corrected chi connectivity index (χ1v) is 5.61. The Balaban J connectivity index is 2.07. The van der Waals surface area contributed by atoms with Gasteiger partial charge in [-0.25, -0.2) is 4.39 Å². The fourth-order valence-corrected chi connectivity index (χ4v) is 2.10. The van der Waals surface area contributed by atoms with Crippen molar-refractivity contribution in [2.45, 2.75) is 12.5 Å². The molecule has 5 heteroatoms. The van der Waals surface area contributed by atoms with Crippen LogP contribution in [0.5, 0.6) is 0 Å². The van der Waals surface area contributed by atoms with Crippen molar-refractivity contribution in [3.63, 3.8) is 0 Å². The van der Waals surface area contributed by atoms with Crippen LogP contribution in [0.15, 0.2) is 24.3 Å². The number of benzene rings is 1. The number of carboxylic acid groups (broad SMARTS) is 1. The van der Waals surface area contributed by atoms with Crippen molar-refractivity contribution in [2.24, 2.45) is 0 Å². The number of carboxylic acids is 1. The summed E-state index contributed by atoms with van der Waals surface area (Å²) in [6, 6.07) is 6.45. The normalized spacial score (nSPS) is 20.3. The SMILES string of the molecule is O=C(O)CC1CN(c2ccccc2F)CCN1. The fourth-order valence-electron chi connectivity index (χ4n) is 2.10. The first kappa shape index (κ1) is 11.9. The summed E-state index contributed by atoms with van der Waals surface area (Å²) in [7, 11) is 0. The molecule has 1 aromatic carbocycles. The number of nitrogens with zero attached hydrogens (tertiary/aromatic N) is 1. The number of aliphatic carboxylic acids is 1. The van der Waals surface area contributed by atoms with E-state index < -0.39 is 5.97 Å². The van der Waals surface area contributed by atoms with Gasteiger partial charge in [0.25, 0.3) is 0 Å². The number of hydrogen-bond acceptors (Lipinski definition) is 3. The standard InChI is InChI=1S/C12H15FN2O2/c13-10-3-1-2-4-11(10)15-6-5-14-9(8-15)7-12(16)17/h1-4,9,14H,5-8H2,(H,16,17). The van der Waals surface area contributed by atoms with Crippen LogP contribution in [0.25, 0.3) is 0 Å². The summed E-state index contributed by atoms with van der Waals surface area (Å²) >= 11 is 0. The maximum atomic E-state index is 13.6. The predicted molar refractivity (Wildman–Crippen MR) is 62.7 cm³/mol. The summed E-state index contributed by atoms with van der Waals surface area (Å²) < 4.78 is 13.6. The molecule has 17 heavy (non-hydrogen) atoms. The smallest absolute Gasteiger partial charge is 0.304 e. The molecule has 4 nitrogen and oxygen atoms in total. The number of anilines is 1. The number of para-hydroxylation sites is 1. The first-order valence-electron chi connectivity index (χ1n) is 5.61. The Hall–Kier alpha value is -1.62. The number of nitrogens with one attached hydrogen (secondary N) is 1. The maximum Gasteiger partial charge on any atom is 0.304 e. The van der Waals surface area contributed by atoms with Gasteiger partial charge in [-0.1, -0.05) is 12.1 Å². The third-order valence-corrected chi connectivity index (χ3v) is 2.87. The molecule has 2 rings (SSSR count). The van der Waals surface area contributed by atoms with Crippen molar-refractivity contribution in [3.8, 4) is 0 Å². The van der Waals surface area contributed by atoms with Crippen LogP contribution >= 0.6 is 0 Å². The number of halogens is 1. The van der Waals surface area contributed by atoms with E-state index in [1.165, 1.54) is 6.07 Å². The van der Waals surface area contributed by atoms with E-state index in [1.54, 1.807) is 18.2 Å². The van der Waals surface area contributed by atoms with Crippen molar-refractivity contribution in [1.82, 2.24) is 5.32 Å². The van der Waals surface area contributed by atoms with E-state index in [2.05, 4.69) is 5.32 Å². The first-order chi connectivity index (χ1) is 8.16. The summed E-state index contributed by atoms with van der Waals surface area (Å²) in [5, 5.41) is 11.9. The Morgan fingerprint density at radius 1 is 1.53 bits per heavy atom. The fraction of sp³-hybridized carbons (Fsp3) is 0.417. The number of piperazine rings is 1. The predicted octanol–water partition coefficient (Wildman–Crippen LogP) is 1.08. The Kier molecular flexibility index (Phi) is 3.58. The molecule has 0 spiro atoms. The molecule has 1 saturated heterocycles. The minimum atomic E-state index is -0.835. The molecular weight excluding hydrogens is 223 g/mol. The van der Waals surface area contributed by atoms with E-state index in [4.69, 9.17) is 5.11 Å². The quantitative estimate of drug-likeness (QED) is 0.827. The van der Waals surface area contributed by atoms with E-state index >= 15 is 0 Å². The molecule has 1 aliphatic rings. The lowest BCUT2D eigenvalue weighted by atomic mass is 10.1. The van der Waals surface area contributed by atoms with Crippen LogP contribution < -0.4 is 10.2 Å². The van der Waals surface area contributed by atoms with E-state index in [9.17, 15) is 9.18 Å². The highest BCUT2D eigenvalue weighted by Gasteiger charge is 2.22. The van der Waals surface area contributed by atoms with Crippen molar-refractivity contribution < 1.29 is 14.3 Å². The lowest BCUT2D eigenvalue weighted by molar-refractivity contribution is -0.137. The van der Waals surface area contributed by atoms with Gasteiger partial charge in [0.05, 0.1) is 12.1 Å². The average molecular weight is 238 g/mol. The van der Waals surface area contributed by atoms with Crippen molar-refractivity contribution in [3.05, 3.63) is 30.1 Å². The monoisotopic (exact) mass is 238 g/mol. The Bertz CT molecular complexity index is 411. The molecule has 0 bridgehead atoms. The Morgan fingerprint density at radius 3 is 3.00 bits per heavy atom. The molecule has 1 aliphatic heterocycles. The molecule has 1 atom stereocenters. The number of carbonyl (C=O) groups is 1. The molecule has 0 aliphatic carbocycles. The molecule has 2 N–H and O–H groups in total. The zero-order chi connectivity index (χ0) is 12.3. The van der Waals surface area contributed by atoms with Gasteiger partial charge in [-0.2, -0.15) is 0 Å². The van der Waals surface area contributed by atoms with Gasteiger partial charge in [-0.05, 0) is 12.1 Å². The minimum Gasteiger partial charge on any atom is -0.481 e. The molecule has 0 radical (unpaired) electrons. The largest absolute Gasteiger partial charge is 0.481 e. The highest BCUT2D eigenvalue weighted by Crippen LogP contribution is 2.20. The van der Waals surface area contributed by atoms with Gasteiger partial charge >= 0.3 is 5.97 Å². The van der Waals surface area contributed by atoms with Crippen LogP contribution in [0.1, 0.15) is 6.42 Å². The van der Waals surface area contributed by atoms with Crippen LogP contribution in [0.2, 0.25) is 0 Å². The van der Waals surface area contributed by atoms with E-state index in [0.29, 0.717) is 25.3 Å². The van der Waals surface area contributed by atoms with Gasteiger partial charge in [0, 0.05) is 25.7 Å². The van der Waals surface area contributed by atoms with E-state index in [-0.39, 0.29) is 18.3 Å². The zero-order valence-electron chi connectivity index (χ0n) is 9.40. The third kappa shape index (κ3) is 2.94. The van der Waals surface area contributed by atoms with Gasteiger partial charge in [0.15, 0.2) is 0 Å². The van der Waals surface area contributed by atoms with Crippen LogP contribution in [0.4, 0.5) is 10.1 Å². The molecule has 0 saturated carbocycles. The van der Waals surface area contributed by atoms with Crippen LogP contribution in [0.3, 0.4) is 0 Å². The van der Waals surface area contributed by atoms with Gasteiger partial charge in [0.1, 0.15) is 5.82 Å². The lowest BCUT2D eigenvalue weighted by Gasteiger charge is -2.34. The Labute approximate surface area is 99.0 Å². The number of hydrogen-bond donors (Lipinski definition) is 2. The highest BCUT2D eigenvalue weighted by molar-refractivity contribution is 5.67. The summed E-state index contributed by atoms with van der Waals surface area (Å²) in [6.07, 6.45) is 0.0605. The average Bonchev–Trinajstić information content (AvgIpc) is 2.29. The van der Waals surface area contributed by atoms with E-state index in [0.717, 1.165) is 0 Å². The van der Waals surface area contributed by atoms with Gasteiger partial charge in [-0.15, -0.1) is 0 Å². The zero-order valence-corrected chi connectivity index (χ0v) is 9.40. The van der Waals surface area contributed by atoms with Crippen LogP contribution in [0, 0.1) is 5.82 Å². The summed E-state index contributed by atoms with van der Waals surface area (Å²) in [6.45, 7) is 1.89. The second kappa shape index (κ2) is 5.14. The Morgan fingerprint density at radius 2 is 2.29 bits per heavy atom. The van der Waals surface area contributed by atoms with Gasteiger partial charge in [0.2, 0.25) is 0 Å². The minimum absolute atomic E-state index is 0.0605. The molecule has 0 amide bonds. The van der Waals surface area contributed by atoms with E-state index in [1.807, 2.05) is 4.90 Å². The molecule has 1 unspecified atom stereocenters. The second-order valence-corrected chi connectivity index (χ2v) is 4.15. The van der Waals surface area contributed by atoms with Gasteiger partial charge < -0.3 is 15.3 Å². The third-order valence-electron chi connectivity index (χ3n) is 2.87. The molecule has 1 fully saturated rings. The van der Waals surface area contributed by atoms with Crippen molar-refractivity contribution in [2.75, 3.05) is 24.5 Å². The molecule has 92 valence electrons. The van der Waals surface area contributed by atoms with Crippen molar-refractivity contribution >= 4 is 11.7 Å². The topological polar surface area (TPSA) is 52.6 Å². The summed E-state index contributed by atoms with van der Waals surface area (Å²) in [5.74, 6) is -1.10. The van der Waals surface area contributed by atoms with Crippen molar-refractivity contribution in [1.29, 1.82) is 0 Å². The number of rotatable bonds is 3. The maximum absolute atomic E-state index is 13.6. The molecule has 0 aromatic heterocycles. The molecule has 1 aromatic rings. The summed E-state index contributed by atoms with van der Waals surface area (Å²) in [5.41, 5.74) is 0.546. The lowest BCUT2D eigenvalue weighted by Crippen LogP contribution is -2.51. The van der Waals surface area contributed by atoms with Crippen LogP contribution in [-0.2, 0) is 4.79 Å². The second-order valence-electron chi connectivity index (χ2n) is 4.15. The molecular formula is C12H15FN2O2. The van der Waals surface area contributed by atoms with Crippen LogP contribution in [-0.4, -0.2) is 36.8 Å². The summed E-state index contributed by atoms with van der Waals surface area (Å²) in [4.78, 5) is 12.5.